The van der Waals surface area contributed by atoms with Crippen LogP contribution in [0.3, 0.4) is 0 Å². The Morgan fingerprint density at radius 1 is 1.03 bits per heavy atom. The molecule has 1 N–H and O–H groups in total. The van der Waals surface area contributed by atoms with Crippen molar-refractivity contribution in [3.05, 3.63) is 60.1 Å². The molecule has 2 bridgehead atoms. The molecule has 6 rings (SSSR count). The molecule has 7 heteroatoms. The van der Waals surface area contributed by atoms with Crippen molar-refractivity contribution in [2.75, 3.05) is 18.0 Å². The van der Waals surface area contributed by atoms with Gasteiger partial charge in [0.2, 0.25) is 0 Å². The Balaban J connectivity index is 1.54. The number of aromatic nitrogens is 3. The molecule has 0 saturated carbocycles. The van der Waals surface area contributed by atoms with Crippen LogP contribution >= 0.6 is 0 Å². The Bertz CT molecular complexity index is 1420. The van der Waals surface area contributed by atoms with Gasteiger partial charge in [0, 0.05) is 42.3 Å². The molecule has 2 aromatic heterocycles. The summed E-state index contributed by atoms with van der Waals surface area (Å²) in [6, 6.07) is 9.10. The average Bonchev–Trinajstić information content (AvgIpc) is 3.16. The van der Waals surface area contributed by atoms with Gasteiger partial charge in [-0.25, -0.2) is 18.7 Å². The van der Waals surface area contributed by atoms with Crippen molar-refractivity contribution in [1.82, 2.24) is 20.3 Å². The van der Waals surface area contributed by atoms with Gasteiger partial charge in [-0.15, -0.1) is 6.42 Å². The second kappa shape index (κ2) is 7.21. The molecule has 0 amide bonds. The molecule has 0 aliphatic carbocycles. The topological polar surface area (TPSA) is 53.9 Å². The largest absolute Gasteiger partial charge is 0.353 e. The van der Waals surface area contributed by atoms with Crippen molar-refractivity contribution < 1.29 is 8.78 Å². The van der Waals surface area contributed by atoms with E-state index in [4.69, 9.17) is 6.42 Å². The van der Waals surface area contributed by atoms with Gasteiger partial charge >= 0.3 is 0 Å². The zero-order valence-electron chi connectivity index (χ0n) is 17.1. The number of pyridine rings is 1. The number of benzene rings is 2. The van der Waals surface area contributed by atoms with Gasteiger partial charge in [0.05, 0.1) is 10.9 Å². The van der Waals surface area contributed by atoms with Crippen LogP contribution in [0.4, 0.5) is 14.6 Å². The fourth-order valence-corrected chi connectivity index (χ4v) is 5.08. The number of halogens is 2. The fraction of sp³-hybridized carbons (Fsp3) is 0.240. The van der Waals surface area contributed by atoms with Crippen LogP contribution in [0.25, 0.3) is 32.9 Å². The van der Waals surface area contributed by atoms with Gasteiger partial charge in [-0.3, -0.25) is 4.98 Å². The first-order valence-electron chi connectivity index (χ1n) is 10.6. The van der Waals surface area contributed by atoms with Crippen LogP contribution in [0.2, 0.25) is 0 Å². The number of piperazine rings is 1. The molecule has 5 nitrogen and oxygen atoms in total. The lowest BCUT2D eigenvalue weighted by Crippen LogP contribution is -2.51. The van der Waals surface area contributed by atoms with Crippen LogP contribution in [0.5, 0.6) is 0 Å². The summed E-state index contributed by atoms with van der Waals surface area (Å²) >= 11 is 0. The summed E-state index contributed by atoms with van der Waals surface area (Å²) in [5.41, 5.74) is 0.825. The van der Waals surface area contributed by atoms with Gasteiger partial charge in [-0.1, -0.05) is 30.2 Å². The van der Waals surface area contributed by atoms with E-state index in [0.29, 0.717) is 34.2 Å². The average molecular weight is 427 g/mol. The van der Waals surface area contributed by atoms with E-state index in [0.717, 1.165) is 31.3 Å². The minimum absolute atomic E-state index is 0.0928. The standard InChI is InChI=1S/C25H19F2N5/c1-2-17-20(26)9-6-14-4-3-5-18(21(14)17)23-22(27)24-19(10-28-23)25(30-13-29-24)32-11-15-7-8-16(12-32)31-15/h1,3-6,9-10,13,15-16,31H,7-8,11-12H2. The van der Waals surface area contributed by atoms with E-state index in [1.54, 1.807) is 24.4 Å². The van der Waals surface area contributed by atoms with Crippen molar-refractivity contribution in [2.24, 2.45) is 0 Å². The Morgan fingerprint density at radius 3 is 2.62 bits per heavy atom. The predicted octanol–water partition coefficient (Wildman–Crippen LogP) is 4.05. The van der Waals surface area contributed by atoms with E-state index >= 15 is 4.39 Å². The number of anilines is 1. The van der Waals surface area contributed by atoms with Gasteiger partial charge in [-0.2, -0.15) is 0 Å². The predicted molar refractivity (Wildman–Crippen MR) is 120 cm³/mol. The number of nitrogens with one attached hydrogen (secondary N) is 1. The monoisotopic (exact) mass is 427 g/mol. The minimum Gasteiger partial charge on any atom is -0.353 e. The molecule has 4 heterocycles. The second-order valence-corrected chi connectivity index (χ2v) is 8.39. The Morgan fingerprint density at radius 2 is 1.84 bits per heavy atom. The number of nitrogens with zero attached hydrogens (tertiary/aromatic N) is 4. The molecular weight excluding hydrogens is 408 g/mol. The molecule has 2 saturated heterocycles. The summed E-state index contributed by atoms with van der Waals surface area (Å²) in [6.45, 7) is 1.64. The molecule has 0 spiro atoms. The highest BCUT2D eigenvalue weighted by atomic mass is 19.1. The van der Waals surface area contributed by atoms with Gasteiger partial charge in [-0.05, 0) is 24.3 Å². The number of hydrogen-bond acceptors (Lipinski definition) is 5. The van der Waals surface area contributed by atoms with Crippen LogP contribution in [0.15, 0.2) is 42.9 Å². The minimum atomic E-state index is -0.566. The zero-order valence-corrected chi connectivity index (χ0v) is 17.1. The third kappa shape index (κ3) is 2.84. The van der Waals surface area contributed by atoms with E-state index < -0.39 is 11.6 Å². The number of rotatable bonds is 2. The molecule has 2 aliphatic heterocycles. The fourth-order valence-electron chi connectivity index (χ4n) is 5.08. The molecule has 2 aliphatic rings. The summed E-state index contributed by atoms with van der Waals surface area (Å²) in [5, 5.41) is 5.35. The molecule has 2 unspecified atom stereocenters. The first-order chi connectivity index (χ1) is 15.6. The Kier molecular flexibility index (Phi) is 4.30. The summed E-state index contributed by atoms with van der Waals surface area (Å²) in [5.74, 6) is 2.01. The summed E-state index contributed by atoms with van der Waals surface area (Å²) in [6.07, 6.45) is 10.9. The van der Waals surface area contributed by atoms with Gasteiger partial charge < -0.3 is 10.2 Å². The number of terminal acetylenes is 1. The lowest BCUT2D eigenvalue weighted by molar-refractivity contribution is 0.464. The van der Waals surface area contributed by atoms with Crippen LogP contribution in [-0.2, 0) is 0 Å². The maximum Gasteiger partial charge on any atom is 0.175 e. The van der Waals surface area contributed by atoms with Crippen LogP contribution in [-0.4, -0.2) is 40.1 Å². The zero-order chi connectivity index (χ0) is 21.8. The van der Waals surface area contributed by atoms with Crippen molar-refractivity contribution in [1.29, 1.82) is 0 Å². The van der Waals surface area contributed by atoms with E-state index in [2.05, 4.69) is 31.1 Å². The van der Waals surface area contributed by atoms with Crippen molar-refractivity contribution >= 4 is 27.5 Å². The Labute approximate surface area is 183 Å². The van der Waals surface area contributed by atoms with Crippen molar-refractivity contribution in [3.8, 4) is 23.6 Å². The molecule has 2 fully saturated rings. The number of fused-ring (bicyclic) bond motifs is 4. The highest BCUT2D eigenvalue weighted by Gasteiger charge is 2.33. The lowest BCUT2D eigenvalue weighted by Gasteiger charge is -2.34. The maximum absolute atomic E-state index is 15.8. The lowest BCUT2D eigenvalue weighted by atomic mass is 9.96. The summed E-state index contributed by atoms with van der Waals surface area (Å²) in [7, 11) is 0. The highest BCUT2D eigenvalue weighted by Crippen LogP contribution is 2.36. The molecule has 2 aromatic carbocycles. The van der Waals surface area contributed by atoms with E-state index in [1.807, 2.05) is 6.07 Å². The van der Waals surface area contributed by atoms with Gasteiger partial charge in [0.15, 0.2) is 5.82 Å². The first-order valence-corrected chi connectivity index (χ1v) is 10.6. The molecule has 0 radical (unpaired) electrons. The normalized spacial score (nSPS) is 20.1. The molecule has 2 atom stereocenters. The smallest absolute Gasteiger partial charge is 0.175 e. The molecule has 32 heavy (non-hydrogen) atoms. The van der Waals surface area contributed by atoms with E-state index in [9.17, 15) is 4.39 Å². The van der Waals surface area contributed by atoms with Crippen LogP contribution < -0.4 is 10.2 Å². The summed E-state index contributed by atoms with van der Waals surface area (Å²) < 4.78 is 30.2. The first kappa shape index (κ1) is 19.1. The summed E-state index contributed by atoms with van der Waals surface area (Å²) in [4.78, 5) is 15.3. The molecule has 4 aromatic rings. The third-order valence-electron chi connectivity index (χ3n) is 6.51. The highest BCUT2D eigenvalue weighted by molar-refractivity contribution is 6.02. The van der Waals surface area contributed by atoms with Gasteiger partial charge in [0.1, 0.15) is 29.2 Å². The van der Waals surface area contributed by atoms with Gasteiger partial charge in [0.25, 0.3) is 0 Å². The van der Waals surface area contributed by atoms with E-state index in [-0.39, 0.29) is 16.8 Å². The van der Waals surface area contributed by atoms with E-state index in [1.165, 1.54) is 12.4 Å². The van der Waals surface area contributed by atoms with Crippen molar-refractivity contribution in [3.63, 3.8) is 0 Å². The van der Waals surface area contributed by atoms with Crippen LogP contribution in [0, 0.1) is 24.0 Å². The third-order valence-corrected chi connectivity index (χ3v) is 6.51. The maximum atomic E-state index is 15.8. The van der Waals surface area contributed by atoms with Crippen molar-refractivity contribution in [2.45, 2.75) is 24.9 Å². The quantitative estimate of drug-likeness (QED) is 0.490. The second-order valence-electron chi connectivity index (χ2n) is 8.39. The van der Waals surface area contributed by atoms with Crippen LogP contribution in [0.1, 0.15) is 18.4 Å². The number of hydrogen-bond donors (Lipinski definition) is 1. The Hall–Kier alpha value is -3.63. The molecular formula is C25H19F2N5. The molecule has 158 valence electrons. The SMILES string of the molecule is C#Cc1c(F)ccc2cccc(-c3ncc4c(N5CC6CCC(C5)N6)ncnc4c3F)c12.